The lowest BCUT2D eigenvalue weighted by molar-refractivity contribution is -0.126. The summed E-state index contributed by atoms with van der Waals surface area (Å²) in [5.74, 6) is -0.411. The monoisotopic (exact) mass is 393 g/mol. The lowest BCUT2D eigenvalue weighted by atomic mass is 10.1. The van der Waals surface area contributed by atoms with Gasteiger partial charge in [-0.15, -0.1) is 0 Å². The van der Waals surface area contributed by atoms with Gasteiger partial charge >= 0.3 is 0 Å². The second-order valence-electron chi connectivity index (χ2n) is 7.63. The number of hydrogen-bond donors (Lipinski definition) is 1. The number of rotatable bonds is 5. The number of nitrogens with one attached hydrogen (secondary N) is 1. The van der Waals surface area contributed by atoms with Gasteiger partial charge in [-0.3, -0.25) is 9.59 Å². The van der Waals surface area contributed by atoms with Gasteiger partial charge in [0.05, 0.1) is 36.5 Å². The van der Waals surface area contributed by atoms with Gasteiger partial charge in [-0.2, -0.15) is 0 Å². The number of benzene rings is 2. The highest BCUT2D eigenvalue weighted by Gasteiger charge is 2.37. The minimum atomic E-state index is -0.341. The Bertz CT molecular complexity index is 865. The van der Waals surface area contributed by atoms with Crippen molar-refractivity contribution < 1.29 is 14.3 Å². The van der Waals surface area contributed by atoms with Crippen molar-refractivity contribution in [3.63, 3.8) is 0 Å². The number of carbonyl (C=O) groups is 2. The van der Waals surface area contributed by atoms with E-state index < -0.39 is 0 Å². The van der Waals surface area contributed by atoms with Gasteiger partial charge < -0.3 is 19.9 Å². The molecule has 29 heavy (non-hydrogen) atoms. The van der Waals surface area contributed by atoms with E-state index in [4.69, 9.17) is 4.74 Å². The van der Waals surface area contributed by atoms with Crippen LogP contribution in [0, 0.1) is 5.92 Å². The fraction of sp³-hybridized carbons (Fsp3) is 0.391. The van der Waals surface area contributed by atoms with Gasteiger partial charge in [0.2, 0.25) is 11.8 Å². The first-order valence-electron chi connectivity index (χ1n) is 10.2. The number of morpholine rings is 1. The third kappa shape index (κ3) is 4.27. The number of hydrogen-bond acceptors (Lipinski definition) is 4. The minimum Gasteiger partial charge on any atom is -0.378 e. The van der Waals surface area contributed by atoms with Crippen LogP contribution in [0.1, 0.15) is 24.9 Å². The standard InChI is InChI=1S/C23H27N3O3/c1-17(18-7-3-2-4-8-18)24-23(28)19-15-22(27)26(16-19)21-10-6-5-9-20(21)25-11-13-29-14-12-25/h2-10,17,19H,11-16H2,1H3,(H,24,28). The molecule has 6 heteroatoms. The lowest BCUT2D eigenvalue weighted by Gasteiger charge is -2.32. The predicted octanol–water partition coefficient (Wildman–Crippen LogP) is 2.75. The summed E-state index contributed by atoms with van der Waals surface area (Å²) in [6.07, 6.45) is 0.241. The highest BCUT2D eigenvalue weighted by molar-refractivity contribution is 6.02. The largest absolute Gasteiger partial charge is 0.378 e. The van der Waals surface area contributed by atoms with Crippen LogP contribution in [0.4, 0.5) is 11.4 Å². The normalized spacial score (nSPS) is 20.6. The Morgan fingerprint density at radius 1 is 1.03 bits per heavy atom. The first-order valence-corrected chi connectivity index (χ1v) is 10.2. The third-order valence-electron chi connectivity index (χ3n) is 5.68. The van der Waals surface area contributed by atoms with Gasteiger partial charge in [0.15, 0.2) is 0 Å². The maximum absolute atomic E-state index is 12.8. The molecule has 2 amide bonds. The number of para-hydroxylation sites is 2. The second kappa shape index (κ2) is 8.66. The summed E-state index contributed by atoms with van der Waals surface area (Å²) in [6, 6.07) is 17.7. The van der Waals surface area contributed by atoms with Gasteiger partial charge in [-0.25, -0.2) is 0 Å². The Balaban J connectivity index is 1.46. The van der Waals surface area contributed by atoms with E-state index in [1.165, 1.54) is 0 Å². The van der Waals surface area contributed by atoms with E-state index in [1.54, 1.807) is 4.90 Å². The molecule has 152 valence electrons. The Morgan fingerprint density at radius 3 is 2.41 bits per heavy atom. The molecular weight excluding hydrogens is 366 g/mol. The van der Waals surface area contributed by atoms with Crippen LogP contribution < -0.4 is 15.1 Å². The summed E-state index contributed by atoms with van der Waals surface area (Å²) in [6.45, 7) is 5.35. The molecule has 2 fully saturated rings. The van der Waals surface area contributed by atoms with Crippen LogP contribution in [-0.4, -0.2) is 44.7 Å². The zero-order chi connectivity index (χ0) is 20.2. The molecule has 2 saturated heterocycles. The number of carbonyl (C=O) groups excluding carboxylic acids is 2. The van der Waals surface area contributed by atoms with Crippen molar-refractivity contribution >= 4 is 23.2 Å². The topological polar surface area (TPSA) is 61.9 Å². The molecule has 4 rings (SSSR count). The van der Waals surface area contributed by atoms with E-state index in [2.05, 4.69) is 10.2 Å². The molecule has 2 atom stereocenters. The molecule has 0 radical (unpaired) electrons. The Morgan fingerprint density at radius 2 is 1.69 bits per heavy atom. The van der Waals surface area contributed by atoms with Crippen LogP contribution in [0.25, 0.3) is 0 Å². The van der Waals surface area contributed by atoms with Gasteiger partial charge in [0.1, 0.15) is 0 Å². The summed E-state index contributed by atoms with van der Waals surface area (Å²) in [4.78, 5) is 29.6. The third-order valence-corrected chi connectivity index (χ3v) is 5.68. The predicted molar refractivity (Wildman–Crippen MR) is 113 cm³/mol. The van der Waals surface area contributed by atoms with Gasteiger partial charge in [0.25, 0.3) is 0 Å². The molecule has 6 nitrogen and oxygen atoms in total. The molecule has 2 heterocycles. The van der Waals surface area contributed by atoms with Crippen LogP contribution in [0.5, 0.6) is 0 Å². The second-order valence-corrected chi connectivity index (χ2v) is 7.63. The van der Waals surface area contributed by atoms with Crippen molar-refractivity contribution in [3.05, 3.63) is 60.2 Å². The first-order chi connectivity index (χ1) is 14.1. The van der Waals surface area contributed by atoms with Crippen molar-refractivity contribution in [1.29, 1.82) is 0 Å². The maximum Gasteiger partial charge on any atom is 0.227 e. The summed E-state index contributed by atoms with van der Waals surface area (Å²) >= 11 is 0. The smallest absolute Gasteiger partial charge is 0.227 e. The molecular formula is C23H27N3O3. The summed E-state index contributed by atoms with van der Waals surface area (Å²) in [7, 11) is 0. The average molecular weight is 393 g/mol. The maximum atomic E-state index is 12.8. The number of ether oxygens (including phenoxy) is 1. The van der Waals surface area contributed by atoms with Crippen LogP contribution in [0.2, 0.25) is 0 Å². The fourth-order valence-electron chi connectivity index (χ4n) is 4.04. The average Bonchev–Trinajstić information content (AvgIpc) is 3.16. The van der Waals surface area contributed by atoms with Crippen LogP contribution >= 0.6 is 0 Å². The lowest BCUT2D eigenvalue weighted by Crippen LogP contribution is -2.38. The highest BCUT2D eigenvalue weighted by atomic mass is 16.5. The number of anilines is 2. The van der Waals surface area contributed by atoms with Crippen molar-refractivity contribution in [2.75, 3.05) is 42.6 Å². The van der Waals surface area contributed by atoms with E-state index in [0.717, 1.165) is 30.0 Å². The minimum absolute atomic E-state index is 0.00164. The molecule has 0 aromatic heterocycles. The van der Waals surface area contributed by atoms with Crippen molar-refractivity contribution in [1.82, 2.24) is 5.32 Å². The SMILES string of the molecule is CC(NC(=O)C1CC(=O)N(c2ccccc2N2CCOCC2)C1)c1ccccc1. The van der Waals surface area contributed by atoms with E-state index in [0.29, 0.717) is 19.8 Å². The van der Waals surface area contributed by atoms with Gasteiger partial charge in [-0.1, -0.05) is 42.5 Å². The molecule has 0 spiro atoms. The summed E-state index contributed by atoms with van der Waals surface area (Å²) in [5.41, 5.74) is 2.97. The van der Waals surface area contributed by atoms with Crippen LogP contribution in [-0.2, 0) is 14.3 Å². The van der Waals surface area contributed by atoms with E-state index >= 15 is 0 Å². The summed E-state index contributed by atoms with van der Waals surface area (Å²) in [5, 5.41) is 3.06. The molecule has 2 aliphatic heterocycles. The van der Waals surface area contributed by atoms with Crippen molar-refractivity contribution in [3.8, 4) is 0 Å². The van der Waals surface area contributed by atoms with E-state index in [9.17, 15) is 9.59 Å². The molecule has 2 unspecified atom stereocenters. The van der Waals surface area contributed by atoms with Gasteiger partial charge in [-0.05, 0) is 24.6 Å². The molecule has 1 N–H and O–H groups in total. The van der Waals surface area contributed by atoms with Gasteiger partial charge in [0, 0.05) is 26.1 Å². The molecule has 2 aliphatic rings. The highest BCUT2D eigenvalue weighted by Crippen LogP contribution is 2.34. The Kier molecular flexibility index (Phi) is 5.81. The van der Waals surface area contributed by atoms with E-state index in [-0.39, 0.29) is 30.2 Å². The molecule has 2 aromatic rings. The Labute approximate surface area is 171 Å². The van der Waals surface area contributed by atoms with E-state index in [1.807, 2.05) is 61.5 Å². The molecule has 0 aliphatic carbocycles. The number of amides is 2. The molecule has 2 aromatic carbocycles. The van der Waals surface area contributed by atoms with Crippen molar-refractivity contribution in [2.24, 2.45) is 5.92 Å². The summed E-state index contributed by atoms with van der Waals surface area (Å²) < 4.78 is 5.45. The quantitative estimate of drug-likeness (QED) is 0.849. The Hall–Kier alpha value is -2.86. The number of nitrogens with zero attached hydrogens (tertiary/aromatic N) is 2. The zero-order valence-corrected chi connectivity index (χ0v) is 16.7. The first kappa shape index (κ1) is 19.5. The fourth-order valence-corrected chi connectivity index (χ4v) is 4.04. The van der Waals surface area contributed by atoms with Crippen LogP contribution in [0.3, 0.4) is 0 Å². The molecule has 0 saturated carbocycles. The van der Waals surface area contributed by atoms with Crippen molar-refractivity contribution in [2.45, 2.75) is 19.4 Å². The zero-order valence-electron chi connectivity index (χ0n) is 16.7. The van der Waals surface area contributed by atoms with Crippen LogP contribution in [0.15, 0.2) is 54.6 Å². The molecule has 0 bridgehead atoms.